The Balaban J connectivity index is 2.57. The normalized spacial score (nSPS) is 10.2. The van der Waals surface area contributed by atoms with Crippen LogP contribution in [0.3, 0.4) is 0 Å². The smallest absolute Gasteiger partial charge is 0.165 e. The van der Waals surface area contributed by atoms with Crippen molar-refractivity contribution < 1.29 is 0 Å². The van der Waals surface area contributed by atoms with Gasteiger partial charge in [-0.25, -0.2) is 4.98 Å². The van der Waals surface area contributed by atoms with Gasteiger partial charge in [-0.15, -0.1) is 11.3 Å². The van der Waals surface area contributed by atoms with E-state index in [0.717, 1.165) is 26.3 Å². The summed E-state index contributed by atoms with van der Waals surface area (Å²) in [5, 5.41) is 11.1. The lowest BCUT2D eigenvalue weighted by Crippen LogP contribution is -1.67. The topological polar surface area (TPSA) is 36.7 Å². The Morgan fingerprint density at radius 2 is 2.38 bits per heavy atom. The number of thiocyanates is 1. The van der Waals surface area contributed by atoms with Gasteiger partial charge in [-0.1, -0.05) is 11.6 Å². The van der Waals surface area contributed by atoms with E-state index in [9.17, 15) is 0 Å². The van der Waals surface area contributed by atoms with Crippen LogP contribution in [0.1, 0.15) is 0 Å². The lowest BCUT2D eigenvalue weighted by molar-refractivity contribution is 1.31. The molecule has 13 heavy (non-hydrogen) atoms. The second kappa shape index (κ2) is 3.54. The summed E-state index contributed by atoms with van der Waals surface area (Å²) in [4.78, 5) is 4.24. The van der Waals surface area contributed by atoms with Gasteiger partial charge in [0.2, 0.25) is 0 Å². The number of hydrogen-bond donors (Lipinski definition) is 0. The van der Waals surface area contributed by atoms with Crippen LogP contribution in [0.15, 0.2) is 22.5 Å². The number of fused-ring (bicyclic) bond motifs is 1. The fourth-order valence-electron chi connectivity index (χ4n) is 0.960. The molecule has 0 saturated heterocycles. The second-order valence-corrected chi connectivity index (χ2v) is 4.78. The van der Waals surface area contributed by atoms with Crippen molar-refractivity contribution in [3.05, 3.63) is 23.2 Å². The van der Waals surface area contributed by atoms with E-state index < -0.39 is 0 Å². The van der Waals surface area contributed by atoms with E-state index in [1.165, 1.54) is 11.3 Å². The zero-order valence-corrected chi connectivity index (χ0v) is 8.71. The predicted molar refractivity (Wildman–Crippen MR) is 56.1 cm³/mol. The minimum absolute atomic E-state index is 0.699. The monoisotopic (exact) mass is 226 g/mol. The zero-order valence-electron chi connectivity index (χ0n) is 6.32. The first-order valence-corrected chi connectivity index (χ1v) is 5.43. The van der Waals surface area contributed by atoms with Crippen molar-refractivity contribution in [2.45, 2.75) is 4.34 Å². The van der Waals surface area contributed by atoms with Crippen LogP contribution in [0.4, 0.5) is 0 Å². The average Bonchev–Trinajstić information content (AvgIpc) is 2.46. The highest BCUT2D eigenvalue weighted by molar-refractivity contribution is 8.05. The van der Waals surface area contributed by atoms with Crippen LogP contribution in [0.25, 0.3) is 10.2 Å². The number of nitriles is 1. The van der Waals surface area contributed by atoms with E-state index in [1.54, 1.807) is 6.07 Å². The zero-order chi connectivity index (χ0) is 9.26. The molecule has 1 aromatic heterocycles. The van der Waals surface area contributed by atoms with E-state index in [4.69, 9.17) is 16.9 Å². The second-order valence-electron chi connectivity index (χ2n) is 2.29. The fraction of sp³-hybridized carbons (Fsp3) is 0. The molecule has 1 aromatic carbocycles. The minimum Gasteiger partial charge on any atom is -0.229 e. The molecular weight excluding hydrogens is 224 g/mol. The molecule has 0 amide bonds. The molecule has 0 fully saturated rings. The maximum Gasteiger partial charge on any atom is 0.165 e. The standard InChI is InChI=1S/C8H3ClN2S2/c9-5-1-2-6-7(3-5)13-8(11-6)12-4-10/h1-3H. The third-order valence-corrected chi connectivity index (χ3v) is 3.37. The van der Waals surface area contributed by atoms with E-state index in [2.05, 4.69) is 4.98 Å². The summed E-state index contributed by atoms with van der Waals surface area (Å²) >= 11 is 8.37. The van der Waals surface area contributed by atoms with Crippen LogP contribution in [-0.4, -0.2) is 4.98 Å². The minimum atomic E-state index is 0.699. The molecule has 0 spiro atoms. The largest absolute Gasteiger partial charge is 0.229 e. The lowest BCUT2D eigenvalue weighted by Gasteiger charge is -1.86. The number of thiazole rings is 1. The number of rotatable bonds is 1. The molecule has 0 radical (unpaired) electrons. The molecule has 0 unspecified atom stereocenters. The Morgan fingerprint density at radius 1 is 1.54 bits per heavy atom. The Hall–Kier alpha value is -0.760. The first kappa shape index (κ1) is 8.82. The lowest BCUT2D eigenvalue weighted by atomic mass is 10.3. The summed E-state index contributed by atoms with van der Waals surface area (Å²) in [5.74, 6) is 0. The number of nitrogens with zero attached hydrogens (tertiary/aromatic N) is 2. The van der Waals surface area contributed by atoms with Gasteiger partial charge in [-0.3, -0.25) is 0 Å². The van der Waals surface area contributed by atoms with Gasteiger partial charge in [0.05, 0.1) is 10.2 Å². The number of aromatic nitrogens is 1. The quantitative estimate of drug-likeness (QED) is 0.552. The van der Waals surface area contributed by atoms with E-state index in [1.807, 2.05) is 17.5 Å². The molecule has 0 atom stereocenters. The van der Waals surface area contributed by atoms with Gasteiger partial charge in [0.1, 0.15) is 5.40 Å². The van der Waals surface area contributed by atoms with Crippen LogP contribution in [-0.2, 0) is 0 Å². The summed E-state index contributed by atoms with van der Waals surface area (Å²) in [6.45, 7) is 0. The van der Waals surface area contributed by atoms with E-state index in [0.29, 0.717) is 5.02 Å². The van der Waals surface area contributed by atoms with Gasteiger partial charge in [-0.2, -0.15) is 5.26 Å². The first-order chi connectivity index (χ1) is 6.29. The molecule has 1 heterocycles. The van der Waals surface area contributed by atoms with Crippen molar-refractivity contribution in [3.8, 4) is 5.40 Å². The summed E-state index contributed by atoms with van der Waals surface area (Å²) in [5.41, 5.74) is 0.896. The van der Waals surface area contributed by atoms with Crippen molar-refractivity contribution in [2.24, 2.45) is 0 Å². The molecular formula is C8H3ClN2S2. The van der Waals surface area contributed by atoms with Crippen molar-refractivity contribution in [1.82, 2.24) is 4.98 Å². The highest BCUT2D eigenvalue weighted by atomic mass is 35.5. The Morgan fingerprint density at radius 3 is 3.15 bits per heavy atom. The van der Waals surface area contributed by atoms with Crippen LogP contribution in [0.2, 0.25) is 5.02 Å². The van der Waals surface area contributed by atoms with Crippen molar-refractivity contribution in [1.29, 1.82) is 5.26 Å². The molecule has 0 aliphatic heterocycles. The molecule has 0 bridgehead atoms. The van der Waals surface area contributed by atoms with Crippen molar-refractivity contribution >= 4 is 44.9 Å². The van der Waals surface area contributed by atoms with Gasteiger partial charge in [0.15, 0.2) is 4.34 Å². The number of thioether (sulfide) groups is 1. The third-order valence-electron chi connectivity index (χ3n) is 1.46. The molecule has 0 aliphatic carbocycles. The SMILES string of the molecule is N#CSc1nc2ccc(Cl)cc2s1. The maximum absolute atomic E-state index is 8.45. The van der Waals surface area contributed by atoms with Gasteiger partial charge < -0.3 is 0 Å². The van der Waals surface area contributed by atoms with Crippen LogP contribution >= 0.6 is 34.7 Å². The molecule has 2 rings (SSSR count). The highest BCUT2D eigenvalue weighted by Crippen LogP contribution is 2.30. The molecule has 64 valence electrons. The van der Waals surface area contributed by atoms with Gasteiger partial charge in [-0.05, 0) is 18.2 Å². The van der Waals surface area contributed by atoms with Crippen molar-refractivity contribution in [3.63, 3.8) is 0 Å². The van der Waals surface area contributed by atoms with Gasteiger partial charge >= 0.3 is 0 Å². The molecule has 0 N–H and O–H groups in total. The fourth-order valence-corrected chi connectivity index (χ4v) is 2.70. The molecule has 0 aliphatic rings. The Labute approximate surface area is 88.2 Å². The van der Waals surface area contributed by atoms with E-state index in [-0.39, 0.29) is 0 Å². The molecule has 0 saturated carbocycles. The van der Waals surface area contributed by atoms with Crippen LogP contribution < -0.4 is 0 Å². The van der Waals surface area contributed by atoms with Gasteiger partial charge in [0, 0.05) is 16.8 Å². The Bertz CT molecular complexity index is 486. The summed E-state index contributed by atoms with van der Waals surface area (Å²) in [6.07, 6.45) is 0. The molecule has 2 nitrogen and oxygen atoms in total. The number of benzene rings is 1. The Kier molecular flexibility index (Phi) is 2.40. The first-order valence-electron chi connectivity index (χ1n) is 3.41. The number of halogens is 1. The summed E-state index contributed by atoms with van der Waals surface area (Å²) < 4.78 is 1.78. The molecule has 2 aromatic rings. The summed E-state index contributed by atoms with van der Waals surface area (Å²) in [6, 6.07) is 5.51. The number of hydrogen-bond acceptors (Lipinski definition) is 4. The predicted octanol–water partition coefficient (Wildman–Crippen LogP) is 3.52. The van der Waals surface area contributed by atoms with Gasteiger partial charge in [0.25, 0.3) is 0 Å². The highest BCUT2D eigenvalue weighted by Gasteiger charge is 2.03. The van der Waals surface area contributed by atoms with E-state index >= 15 is 0 Å². The maximum atomic E-state index is 8.45. The van der Waals surface area contributed by atoms with Crippen LogP contribution in [0, 0.1) is 10.7 Å². The van der Waals surface area contributed by atoms with Crippen LogP contribution in [0.5, 0.6) is 0 Å². The molecule has 5 heteroatoms. The third kappa shape index (κ3) is 1.78. The average molecular weight is 227 g/mol. The van der Waals surface area contributed by atoms with Crippen molar-refractivity contribution in [2.75, 3.05) is 0 Å². The summed E-state index contributed by atoms with van der Waals surface area (Å²) in [7, 11) is 0.